The summed E-state index contributed by atoms with van der Waals surface area (Å²) in [5.74, 6) is -1.34. The molecule has 2 heterocycles. The van der Waals surface area contributed by atoms with Gasteiger partial charge in [-0.05, 0) is 25.0 Å². The predicted molar refractivity (Wildman–Crippen MR) is 93.7 cm³/mol. The van der Waals surface area contributed by atoms with Crippen LogP contribution in [0, 0.1) is 17.7 Å². The molecule has 1 aliphatic rings. The van der Waals surface area contributed by atoms with Crippen molar-refractivity contribution >= 4 is 21.8 Å². The lowest BCUT2D eigenvalue weighted by Crippen LogP contribution is -2.42. The highest BCUT2D eigenvalue weighted by molar-refractivity contribution is 7.88. The van der Waals surface area contributed by atoms with Gasteiger partial charge in [-0.1, -0.05) is 0 Å². The fourth-order valence-corrected chi connectivity index (χ4v) is 3.71. The number of aromatic nitrogens is 2. The van der Waals surface area contributed by atoms with Gasteiger partial charge in [-0.25, -0.2) is 26.5 Å². The van der Waals surface area contributed by atoms with Crippen molar-refractivity contribution in [3.05, 3.63) is 36.0 Å². The normalized spacial score (nSPS) is 16.6. The van der Waals surface area contributed by atoms with Gasteiger partial charge >= 0.3 is 0 Å². The Morgan fingerprint density at radius 1 is 1.27 bits per heavy atom. The van der Waals surface area contributed by atoms with E-state index in [0.717, 1.165) is 6.07 Å². The first-order chi connectivity index (χ1) is 12.2. The average molecular weight is 382 g/mol. The fourth-order valence-electron chi connectivity index (χ4n) is 2.84. The summed E-state index contributed by atoms with van der Waals surface area (Å²) < 4.78 is 51.3. The van der Waals surface area contributed by atoms with Gasteiger partial charge in [0.1, 0.15) is 17.5 Å². The number of halogens is 2. The van der Waals surface area contributed by atoms with Crippen LogP contribution in [0.5, 0.6) is 0 Å². The third-order valence-electron chi connectivity index (χ3n) is 4.23. The van der Waals surface area contributed by atoms with Gasteiger partial charge in [0.25, 0.3) is 0 Å². The number of benzene rings is 1. The van der Waals surface area contributed by atoms with Gasteiger partial charge in [0.2, 0.25) is 16.0 Å². The minimum atomic E-state index is -3.18. The second-order valence-corrected chi connectivity index (χ2v) is 8.09. The number of hydrogen-bond donors (Lipinski definition) is 2. The highest BCUT2D eigenvalue weighted by atomic mass is 32.2. The summed E-state index contributed by atoms with van der Waals surface area (Å²) in [5, 5.41) is 3.11. The molecule has 0 saturated carbocycles. The van der Waals surface area contributed by atoms with Crippen LogP contribution in [0.25, 0.3) is 11.1 Å². The lowest BCUT2D eigenvalue weighted by Gasteiger charge is -2.30. The third-order valence-corrected chi connectivity index (χ3v) is 5.53. The Morgan fingerprint density at radius 3 is 2.54 bits per heavy atom. The summed E-state index contributed by atoms with van der Waals surface area (Å²) in [7, 11) is -3.18. The number of nitrogens with zero attached hydrogens (tertiary/aromatic N) is 3. The van der Waals surface area contributed by atoms with E-state index < -0.39 is 21.7 Å². The number of rotatable bonds is 4. The van der Waals surface area contributed by atoms with Gasteiger partial charge in [0.05, 0.1) is 12.3 Å². The summed E-state index contributed by atoms with van der Waals surface area (Å²) in [6, 6.07) is 4.29. The highest BCUT2D eigenvalue weighted by Gasteiger charge is 2.25. The third kappa shape index (κ3) is 4.07. The van der Waals surface area contributed by atoms with E-state index in [4.69, 9.17) is 5.73 Å². The van der Waals surface area contributed by atoms with E-state index in [1.165, 1.54) is 22.8 Å². The second kappa shape index (κ2) is 7.12. The largest absolute Gasteiger partial charge is 0.383 e. The van der Waals surface area contributed by atoms with Gasteiger partial charge in [0, 0.05) is 36.5 Å². The first-order valence-electron chi connectivity index (χ1n) is 7.96. The molecule has 0 bridgehead atoms. The SMILES string of the molecule is CS(=O)(=O)N1CCC(Nc2ncc(-c3ccc(F)[c]c3F)c(N)n2)CC1. The van der Waals surface area contributed by atoms with Crippen LogP contribution >= 0.6 is 0 Å². The van der Waals surface area contributed by atoms with Crippen molar-refractivity contribution in [2.45, 2.75) is 18.9 Å². The van der Waals surface area contributed by atoms with Gasteiger partial charge in [-0.3, -0.25) is 0 Å². The Morgan fingerprint density at radius 2 is 1.96 bits per heavy atom. The molecule has 0 aliphatic carbocycles. The second-order valence-electron chi connectivity index (χ2n) is 6.11. The minimum Gasteiger partial charge on any atom is -0.383 e. The molecule has 10 heteroatoms. The molecule has 1 aromatic heterocycles. The maximum absolute atomic E-state index is 13.8. The van der Waals surface area contributed by atoms with Crippen molar-refractivity contribution in [1.29, 1.82) is 0 Å². The van der Waals surface area contributed by atoms with Gasteiger partial charge < -0.3 is 11.1 Å². The number of hydrogen-bond acceptors (Lipinski definition) is 6. The number of nitrogens with two attached hydrogens (primary N) is 1. The highest BCUT2D eigenvalue weighted by Crippen LogP contribution is 2.27. The van der Waals surface area contributed by atoms with Crippen molar-refractivity contribution in [2.24, 2.45) is 0 Å². The summed E-state index contributed by atoms with van der Waals surface area (Å²) in [6.45, 7) is 0.835. The number of anilines is 2. The Labute approximate surface area is 150 Å². The molecule has 3 N–H and O–H groups in total. The summed E-state index contributed by atoms with van der Waals surface area (Å²) in [6.07, 6.45) is 3.77. The quantitative estimate of drug-likeness (QED) is 0.834. The smallest absolute Gasteiger partial charge is 0.224 e. The topological polar surface area (TPSA) is 101 Å². The molecule has 1 fully saturated rings. The van der Waals surface area contributed by atoms with E-state index >= 15 is 0 Å². The minimum absolute atomic E-state index is 0.00846. The summed E-state index contributed by atoms with van der Waals surface area (Å²) in [4.78, 5) is 8.26. The van der Waals surface area contributed by atoms with E-state index in [2.05, 4.69) is 15.3 Å². The Kier molecular flexibility index (Phi) is 5.05. The van der Waals surface area contributed by atoms with Crippen molar-refractivity contribution < 1.29 is 17.2 Å². The van der Waals surface area contributed by atoms with Crippen molar-refractivity contribution in [2.75, 3.05) is 30.4 Å². The fraction of sp³-hybridized carbons (Fsp3) is 0.375. The van der Waals surface area contributed by atoms with E-state index in [9.17, 15) is 17.2 Å². The predicted octanol–water partition coefficient (Wildman–Crippen LogP) is 1.64. The maximum Gasteiger partial charge on any atom is 0.224 e. The zero-order chi connectivity index (χ0) is 18.9. The molecule has 0 amide bonds. The lowest BCUT2D eigenvalue weighted by molar-refractivity contribution is 0.331. The molecule has 1 radical (unpaired) electrons. The molecule has 26 heavy (non-hydrogen) atoms. The Bertz CT molecular complexity index is 915. The average Bonchev–Trinajstić information content (AvgIpc) is 2.56. The molecular weight excluding hydrogens is 364 g/mol. The molecule has 3 rings (SSSR count). The van der Waals surface area contributed by atoms with Crippen LogP contribution in [0.4, 0.5) is 20.5 Å². The molecule has 0 unspecified atom stereocenters. The van der Waals surface area contributed by atoms with Crippen molar-refractivity contribution in [1.82, 2.24) is 14.3 Å². The molecule has 139 valence electrons. The van der Waals surface area contributed by atoms with Crippen molar-refractivity contribution in [3.63, 3.8) is 0 Å². The lowest BCUT2D eigenvalue weighted by atomic mass is 10.1. The van der Waals surface area contributed by atoms with E-state index in [1.807, 2.05) is 6.07 Å². The van der Waals surface area contributed by atoms with Crippen molar-refractivity contribution in [3.8, 4) is 11.1 Å². The molecule has 2 aromatic rings. The van der Waals surface area contributed by atoms with Gasteiger partial charge in [-0.2, -0.15) is 4.98 Å². The molecule has 0 atom stereocenters. The number of piperidine rings is 1. The monoisotopic (exact) mass is 382 g/mol. The summed E-state index contributed by atoms with van der Waals surface area (Å²) >= 11 is 0. The molecule has 1 saturated heterocycles. The van der Waals surface area contributed by atoms with Crippen LogP contribution in [0.2, 0.25) is 0 Å². The Balaban J connectivity index is 1.71. The van der Waals surface area contributed by atoms with Crippen LogP contribution < -0.4 is 11.1 Å². The molecular formula is C16H18F2N5O2S. The van der Waals surface area contributed by atoms with Crippen LogP contribution in [0.15, 0.2) is 18.3 Å². The van der Waals surface area contributed by atoms with Crippen LogP contribution in [-0.4, -0.2) is 48.1 Å². The van der Waals surface area contributed by atoms with E-state index in [1.54, 1.807) is 0 Å². The first kappa shape index (κ1) is 18.5. The van der Waals surface area contributed by atoms with Gasteiger partial charge in [0.15, 0.2) is 0 Å². The number of nitrogens with one attached hydrogen (secondary N) is 1. The van der Waals surface area contributed by atoms with Crippen LogP contribution in [0.1, 0.15) is 12.8 Å². The first-order valence-corrected chi connectivity index (χ1v) is 9.81. The molecule has 7 nitrogen and oxygen atoms in total. The van der Waals surface area contributed by atoms with E-state index in [-0.39, 0.29) is 28.9 Å². The zero-order valence-corrected chi connectivity index (χ0v) is 14.9. The Hall–Kier alpha value is -2.33. The molecule has 0 spiro atoms. The number of sulfonamides is 1. The molecule has 1 aromatic carbocycles. The standard InChI is InChI=1S/C16H18F2N5O2S/c1-26(24,25)23-6-4-11(5-7-23)21-16-20-9-13(15(19)22-16)12-3-2-10(17)8-14(12)18/h2-3,9,11H,4-7H2,1H3,(H3,19,20,21,22). The van der Waals surface area contributed by atoms with Crippen LogP contribution in [0.3, 0.4) is 0 Å². The number of nitrogen functional groups attached to an aromatic ring is 1. The van der Waals surface area contributed by atoms with E-state index in [0.29, 0.717) is 25.9 Å². The maximum atomic E-state index is 13.8. The summed E-state index contributed by atoms with van der Waals surface area (Å²) in [5.41, 5.74) is 6.20. The zero-order valence-electron chi connectivity index (χ0n) is 14.0. The molecule has 1 aliphatic heterocycles. The van der Waals surface area contributed by atoms with Gasteiger partial charge in [-0.15, -0.1) is 0 Å². The van der Waals surface area contributed by atoms with Crippen LogP contribution in [-0.2, 0) is 10.0 Å².